The number of hydrogen-bond acceptors (Lipinski definition) is 2. The molecule has 2 aromatic carbocycles. The number of ketones is 1. The zero-order valence-corrected chi connectivity index (χ0v) is 10.6. The van der Waals surface area contributed by atoms with Gasteiger partial charge < -0.3 is 4.74 Å². The van der Waals surface area contributed by atoms with Gasteiger partial charge in [-0.15, -0.1) is 0 Å². The van der Waals surface area contributed by atoms with Crippen LogP contribution < -0.4 is 0 Å². The second kappa shape index (κ2) is 4.71. The topological polar surface area (TPSA) is 26.3 Å². The van der Waals surface area contributed by atoms with Crippen molar-refractivity contribution in [3.63, 3.8) is 0 Å². The van der Waals surface area contributed by atoms with Gasteiger partial charge in [-0.2, -0.15) is 0 Å². The fraction of sp³-hybridized carbons (Fsp3) is 0.267. The van der Waals surface area contributed by atoms with Gasteiger partial charge in [0.2, 0.25) is 0 Å². The maximum atomic E-state index is 12.4. The fourth-order valence-electron chi connectivity index (χ4n) is 2.44. The van der Waals surface area contributed by atoms with Gasteiger partial charge in [-0.1, -0.05) is 35.9 Å². The number of Topliss-reactive ketones (excluding diaryl/α,β-unsaturated/α-hetero) is 1. The van der Waals surface area contributed by atoms with Crippen molar-refractivity contribution in [3.05, 3.63) is 47.0 Å². The maximum Gasteiger partial charge on any atom is 0.168 e. The smallest absolute Gasteiger partial charge is 0.168 e. The summed E-state index contributed by atoms with van der Waals surface area (Å²) in [6.45, 7) is 1.22. The van der Waals surface area contributed by atoms with Crippen LogP contribution in [0.25, 0.3) is 10.8 Å². The molecule has 3 rings (SSSR count). The third-order valence-electron chi connectivity index (χ3n) is 3.44. The van der Waals surface area contributed by atoms with Gasteiger partial charge in [0.15, 0.2) is 5.78 Å². The molecule has 0 spiro atoms. The van der Waals surface area contributed by atoms with Gasteiger partial charge >= 0.3 is 0 Å². The molecule has 0 saturated carbocycles. The lowest BCUT2D eigenvalue weighted by Gasteiger charge is -2.10. The zero-order chi connectivity index (χ0) is 12.5. The molecular formula is C15H13ClO2. The molecule has 1 heterocycles. The van der Waals surface area contributed by atoms with Crippen molar-refractivity contribution >= 4 is 28.2 Å². The van der Waals surface area contributed by atoms with E-state index in [4.69, 9.17) is 16.3 Å². The van der Waals surface area contributed by atoms with Gasteiger partial charge in [0.05, 0.1) is 6.61 Å². The average Bonchev–Trinajstić information content (AvgIpc) is 2.93. The number of rotatable bonds is 2. The summed E-state index contributed by atoms with van der Waals surface area (Å²) in [4.78, 5) is 12.4. The Morgan fingerprint density at radius 3 is 2.67 bits per heavy atom. The van der Waals surface area contributed by atoms with Crippen molar-refractivity contribution in [2.45, 2.75) is 6.42 Å². The minimum absolute atomic E-state index is 0.00502. The predicted octanol–water partition coefficient (Wildman–Crippen LogP) is 3.71. The third-order valence-corrected chi connectivity index (χ3v) is 3.77. The fourth-order valence-corrected chi connectivity index (χ4v) is 2.67. The second-order valence-corrected chi connectivity index (χ2v) is 4.97. The molecule has 2 aromatic rings. The molecule has 92 valence electrons. The maximum absolute atomic E-state index is 12.4. The average molecular weight is 261 g/mol. The van der Waals surface area contributed by atoms with Gasteiger partial charge in [-0.3, -0.25) is 4.79 Å². The summed E-state index contributed by atoms with van der Waals surface area (Å²) in [5.74, 6) is 0.162. The summed E-state index contributed by atoms with van der Waals surface area (Å²) in [5.41, 5.74) is 0.755. The molecule has 0 radical (unpaired) electrons. The van der Waals surface area contributed by atoms with E-state index in [9.17, 15) is 4.79 Å². The number of ether oxygens (including phenoxy) is 1. The summed E-state index contributed by atoms with van der Waals surface area (Å²) in [6, 6.07) is 11.4. The Morgan fingerprint density at radius 1 is 1.17 bits per heavy atom. The zero-order valence-electron chi connectivity index (χ0n) is 9.86. The van der Waals surface area contributed by atoms with Crippen LogP contribution in [0.3, 0.4) is 0 Å². The quantitative estimate of drug-likeness (QED) is 0.770. The van der Waals surface area contributed by atoms with Crippen molar-refractivity contribution in [2.24, 2.45) is 5.92 Å². The Hall–Kier alpha value is -1.38. The third kappa shape index (κ3) is 1.92. The van der Waals surface area contributed by atoms with Crippen LogP contribution in [0.2, 0.25) is 5.02 Å². The Morgan fingerprint density at radius 2 is 1.94 bits per heavy atom. The standard InChI is InChI=1S/C15H13ClO2/c16-14-6-5-13(11-3-1-2-4-12(11)14)15(17)10-7-8-18-9-10/h1-6,10H,7-9H2. The molecule has 18 heavy (non-hydrogen) atoms. The van der Waals surface area contributed by atoms with E-state index in [0.29, 0.717) is 18.2 Å². The molecule has 2 nitrogen and oxygen atoms in total. The molecular weight excluding hydrogens is 248 g/mol. The number of carbonyl (C=O) groups is 1. The van der Waals surface area contributed by atoms with Gasteiger partial charge in [0, 0.05) is 28.5 Å². The van der Waals surface area contributed by atoms with Crippen molar-refractivity contribution in [1.82, 2.24) is 0 Å². The lowest BCUT2D eigenvalue weighted by molar-refractivity contribution is 0.0902. The predicted molar refractivity (Wildman–Crippen MR) is 72.2 cm³/mol. The molecule has 1 aliphatic heterocycles. The first kappa shape index (κ1) is 11.7. The first-order valence-corrected chi connectivity index (χ1v) is 6.44. The van der Waals surface area contributed by atoms with E-state index in [2.05, 4.69) is 0 Å². The van der Waals surface area contributed by atoms with Crippen LogP contribution in [0, 0.1) is 5.92 Å². The van der Waals surface area contributed by atoms with Crippen molar-refractivity contribution in [3.8, 4) is 0 Å². The molecule has 0 amide bonds. The molecule has 0 aliphatic carbocycles. The Bertz CT molecular complexity index is 600. The summed E-state index contributed by atoms with van der Waals surface area (Å²) < 4.78 is 5.29. The van der Waals surface area contributed by atoms with E-state index in [0.717, 1.165) is 22.8 Å². The van der Waals surface area contributed by atoms with Gasteiger partial charge in [-0.05, 0) is 23.9 Å². The van der Waals surface area contributed by atoms with E-state index in [1.807, 2.05) is 30.3 Å². The molecule has 1 saturated heterocycles. The Labute approximate surface area is 111 Å². The summed E-state index contributed by atoms with van der Waals surface area (Å²) >= 11 is 6.16. The minimum atomic E-state index is -0.00502. The van der Waals surface area contributed by atoms with Crippen LogP contribution in [0.15, 0.2) is 36.4 Å². The first-order chi connectivity index (χ1) is 8.77. The molecule has 1 fully saturated rings. The van der Waals surface area contributed by atoms with Gasteiger partial charge in [0.25, 0.3) is 0 Å². The van der Waals surface area contributed by atoms with Crippen molar-refractivity contribution in [2.75, 3.05) is 13.2 Å². The summed E-state index contributed by atoms with van der Waals surface area (Å²) in [7, 11) is 0. The molecule has 0 N–H and O–H groups in total. The highest BCUT2D eigenvalue weighted by atomic mass is 35.5. The SMILES string of the molecule is O=C(c1ccc(Cl)c2ccccc12)C1CCOC1. The summed E-state index contributed by atoms with van der Waals surface area (Å²) in [5, 5.41) is 2.55. The summed E-state index contributed by atoms with van der Waals surface area (Å²) in [6.07, 6.45) is 0.815. The molecule has 1 unspecified atom stereocenters. The second-order valence-electron chi connectivity index (χ2n) is 4.57. The van der Waals surface area contributed by atoms with Crippen molar-refractivity contribution < 1.29 is 9.53 Å². The molecule has 1 aliphatic rings. The molecule has 1 atom stereocenters. The highest BCUT2D eigenvalue weighted by molar-refractivity contribution is 6.36. The number of fused-ring (bicyclic) bond motifs is 1. The molecule has 0 aromatic heterocycles. The van der Waals surface area contributed by atoms with E-state index < -0.39 is 0 Å². The lowest BCUT2D eigenvalue weighted by Crippen LogP contribution is -2.14. The number of hydrogen-bond donors (Lipinski definition) is 0. The van der Waals surface area contributed by atoms with Gasteiger partial charge in [0.1, 0.15) is 0 Å². The Balaban J connectivity index is 2.11. The van der Waals surface area contributed by atoms with E-state index in [1.165, 1.54) is 0 Å². The highest BCUT2D eigenvalue weighted by Crippen LogP contribution is 2.29. The van der Waals surface area contributed by atoms with Crippen molar-refractivity contribution in [1.29, 1.82) is 0 Å². The van der Waals surface area contributed by atoms with Crippen LogP contribution in [-0.2, 0) is 4.74 Å². The number of benzene rings is 2. The number of carbonyl (C=O) groups excluding carboxylic acids is 1. The Kier molecular flexibility index (Phi) is 3.06. The molecule has 3 heteroatoms. The number of halogens is 1. The van der Waals surface area contributed by atoms with Crippen LogP contribution in [0.4, 0.5) is 0 Å². The highest BCUT2D eigenvalue weighted by Gasteiger charge is 2.25. The largest absolute Gasteiger partial charge is 0.381 e. The van der Waals surface area contributed by atoms with E-state index >= 15 is 0 Å². The van der Waals surface area contributed by atoms with E-state index in [-0.39, 0.29) is 11.7 Å². The van der Waals surface area contributed by atoms with Crippen LogP contribution >= 0.6 is 11.6 Å². The first-order valence-electron chi connectivity index (χ1n) is 6.06. The molecule has 0 bridgehead atoms. The van der Waals surface area contributed by atoms with Crippen LogP contribution in [0.5, 0.6) is 0 Å². The van der Waals surface area contributed by atoms with E-state index in [1.54, 1.807) is 6.07 Å². The lowest BCUT2D eigenvalue weighted by atomic mass is 9.93. The monoisotopic (exact) mass is 260 g/mol. The van der Waals surface area contributed by atoms with Crippen LogP contribution in [0.1, 0.15) is 16.8 Å². The van der Waals surface area contributed by atoms with Crippen LogP contribution in [-0.4, -0.2) is 19.0 Å². The normalized spacial score (nSPS) is 19.3. The van der Waals surface area contributed by atoms with Gasteiger partial charge in [-0.25, -0.2) is 0 Å². The minimum Gasteiger partial charge on any atom is -0.381 e.